The van der Waals surface area contributed by atoms with E-state index in [1.807, 2.05) is 30.3 Å². The highest BCUT2D eigenvalue weighted by molar-refractivity contribution is 7.46. The van der Waals surface area contributed by atoms with Crippen molar-refractivity contribution < 1.29 is 18.9 Å². The number of anilines is 1. The smallest absolute Gasteiger partial charge is 0.385 e. The second-order valence-electron chi connectivity index (χ2n) is 4.03. The Morgan fingerprint density at radius 1 is 1.06 bits per heavy atom. The second-order valence-corrected chi connectivity index (χ2v) is 5.27. The maximum absolute atomic E-state index is 10.4. The Balaban J connectivity index is 1.92. The van der Waals surface area contributed by atoms with Crippen molar-refractivity contribution in [1.82, 2.24) is 0 Å². The Morgan fingerprint density at radius 2 is 1.72 bits per heavy atom. The van der Waals surface area contributed by atoms with Gasteiger partial charge < -0.3 is 15.1 Å². The molecule has 18 heavy (non-hydrogen) atoms. The third-order valence-corrected chi connectivity index (χ3v) is 2.95. The summed E-state index contributed by atoms with van der Waals surface area (Å²) in [6, 6.07) is 10.00. The summed E-state index contributed by atoms with van der Waals surface area (Å²) in [5, 5.41) is 3.30. The maximum Gasteiger partial charge on any atom is 0.469 e. The molecule has 1 aromatic rings. The number of phosphoric ester groups is 1. The summed E-state index contributed by atoms with van der Waals surface area (Å²) < 4.78 is 14.7. The minimum absolute atomic E-state index is 0.121. The molecule has 1 rings (SSSR count). The molecule has 0 aliphatic rings. The number of para-hydroxylation sites is 1. The lowest BCUT2D eigenvalue weighted by atomic mass is 10.2. The van der Waals surface area contributed by atoms with Gasteiger partial charge in [0.05, 0.1) is 6.61 Å². The molecule has 0 aromatic heterocycles. The third kappa shape index (κ3) is 8.25. The zero-order valence-electron chi connectivity index (χ0n) is 10.3. The van der Waals surface area contributed by atoms with E-state index in [4.69, 9.17) is 9.79 Å². The number of rotatable bonds is 9. The van der Waals surface area contributed by atoms with Gasteiger partial charge in [0.15, 0.2) is 0 Å². The normalized spacial score (nSPS) is 11.4. The van der Waals surface area contributed by atoms with Crippen molar-refractivity contribution in [2.45, 2.75) is 25.7 Å². The molecule has 0 unspecified atom stereocenters. The first-order chi connectivity index (χ1) is 8.58. The van der Waals surface area contributed by atoms with E-state index in [0.29, 0.717) is 6.42 Å². The minimum atomic E-state index is -4.28. The second kappa shape index (κ2) is 8.27. The van der Waals surface area contributed by atoms with Crippen LogP contribution in [0.2, 0.25) is 0 Å². The molecule has 5 nitrogen and oxygen atoms in total. The van der Waals surface area contributed by atoms with E-state index in [1.165, 1.54) is 0 Å². The summed E-state index contributed by atoms with van der Waals surface area (Å²) in [5.41, 5.74) is 1.11. The summed E-state index contributed by atoms with van der Waals surface area (Å²) in [6.07, 6.45) is 3.64. The molecule has 0 amide bonds. The molecule has 1 aromatic carbocycles. The number of hydrogen-bond donors (Lipinski definition) is 3. The van der Waals surface area contributed by atoms with E-state index in [2.05, 4.69) is 9.84 Å². The highest BCUT2D eigenvalue weighted by Crippen LogP contribution is 2.35. The Bertz CT molecular complexity index is 366. The predicted octanol–water partition coefficient (Wildman–Crippen LogP) is 2.77. The van der Waals surface area contributed by atoms with Gasteiger partial charge in [-0.05, 0) is 25.0 Å². The van der Waals surface area contributed by atoms with Gasteiger partial charge in [-0.2, -0.15) is 0 Å². The Morgan fingerprint density at radius 3 is 2.39 bits per heavy atom. The van der Waals surface area contributed by atoms with Crippen LogP contribution in [-0.4, -0.2) is 22.9 Å². The van der Waals surface area contributed by atoms with Crippen molar-refractivity contribution >= 4 is 13.5 Å². The van der Waals surface area contributed by atoms with Crippen molar-refractivity contribution in [2.24, 2.45) is 0 Å². The lowest BCUT2D eigenvalue weighted by molar-refractivity contribution is 0.193. The van der Waals surface area contributed by atoms with Crippen LogP contribution in [0.1, 0.15) is 25.7 Å². The SMILES string of the molecule is O=P(O)(O)OCCCCCCNc1ccccc1. The fourth-order valence-corrected chi connectivity index (χ4v) is 1.92. The van der Waals surface area contributed by atoms with Gasteiger partial charge in [0.2, 0.25) is 0 Å². The molecule has 0 atom stereocenters. The zero-order valence-corrected chi connectivity index (χ0v) is 11.2. The molecule has 0 bridgehead atoms. The van der Waals surface area contributed by atoms with E-state index < -0.39 is 7.82 Å². The Labute approximate surface area is 107 Å². The molecular formula is C12H20NO4P. The predicted molar refractivity (Wildman–Crippen MR) is 71.4 cm³/mol. The van der Waals surface area contributed by atoms with Crippen molar-refractivity contribution in [3.05, 3.63) is 30.3 Å². The standard InChI is InChI=1S/C12H20NO4P/c14-18(15,16)17-11-7-2-1-6-10-13-12-8-4-3-5-9-12/h3-5,8-9,13H,1-2,6-7,10-11H2,(H2,14,15,16). The van der Waals surface area contributed by atoms with Crippen molar-refractivity contribution in [2.75, 3.05) is 18.5 Å². The first kappa shape index (κ1) is 15.2. The number of hydrogen-bond acceptors (Lipinski definition) is 3. The first-order valence-corrected chi connectivity index (χ1v) is 7.60. The molecule has 0 spiro atoms. The molecule has 102 valence electrons. The molecule has 0 saturated heterocycles. The van der Waals surface area contributed by atoms with Gasteiger partial charge in [0.1, 0.15) is 0 Å². The first-order valence-electron chi connectivity index (χ1n) is 6.07. The van der Waals surface area contributed by atoms with Crippen LogP contribution in [0.4, 0.5) is 5.69 Å². The molecule has 0 aliphatic heterocycles. The van der Waals surface area contributed by atoms with E-state index in [9.17, 15) is 4.57 Å². The molecule has 0 fully saturated rings. The van der Waals surface area contributed by atoms with E-state index in [1.54, 1.807) is 0 Å². The average molecular weight is 273 g/mol. The van der Waals surface area contributed by atoms with Gasteiger partial charge in [-0.3, -0.25) is 4.52 Å². The summed E-state index contributed by atoms with van der Waals surface area (Å²) in [4.78, 5) is 16.9. The number of benzene rings is 1. The molecule has 0 radical (unpaired) electrons. The van der Waals surface area contributed by atoms with Gasteiger partial charge in [-0.1, -0.05) is 31.0 Å². The summed E-state index contributed by atoms with van der Waals surface area (Å²) in [6.45, 7) is 1.03. The van der Waals surface area contributed by atoms with Gasteiger partial charge in [-0.25, -0.2) is 4.57 Å². The third-order valence-electron chi connectivity index (χ3n) is 2.43. The zero-order chi connectivity index (χ0) is 13.3. The quantitative estimate of drug-likeness (QED) is 0.476. The summed E-state index contributed by atoms with van der Waals surface area (Å²) >= 11 is 0. The van der Waals surface area contributed by atoms with Crippen LogP contribution in [0.15, 0.2) is 30.3 Å². The van der Waals surface area contributed by atoms with E-state index in [-0.39, 0.29) is 6.61 Å². The van der Waals surface area contributed by atoms with Crippen molar-refractivity contribution in [3.8, 4) is 0 Å². The van der Waals surface area contributed by atoms with Crippen LogP contribution in [0, 0.1) is 0 Å². The Hall–Kier alpha value is -0.870. The van der Waals surface area contributed by atoms with Crippen LogP contribution < -0.4 is 5.32 Å². The molecule has 6 heteroatoms. The monoisotopic (exact) mass is 273 g/mol. The molecule has 0 heterocycles. The van der Waals surface area contributed by atoms with Crippen molar-refractivity contribution in [3.63, 3.8) is 0 Å². The molecular weight excluding hydrogens is 253 g/mol. The number of nitrogens with one attached hydrogen (secondary N) is 1. The average Bonchev–Trinajstić information content (AvgIpc) is 2.32. The molecule has 0 aliphatic carbocycles. The van der Waals surface area contributed by atoms with Gasteiger partial charge in [-0.15, -0.1) is 0 Å². The highest BCUT2D eigenvalue weighted by Gasteiger charge is 2.12. The highest BCUT2D eigenvalue weighted by atomic mass is 31.2. The fraction of sp³-hybridized carbons (Fsp3) is 0.500. The fourth-order valence-electron chi connectivity index (χ4n) is 1.55. The topological polar surface area (TPSA) is 78.8 Å². The van der Waals surface area contributed by atoms with Crippen LogP contribution in [0.25, 0.3) is 0 Å². The van der Waals surface area contributed by atoms with E-state index >= 15 is 0 Å². The number of phosphoric acid groups is 1. The van der Waals surface area contributed by atoms with Crippen LogP contribution in [0.3, 0.4) is 0 Å². The van der Waals surface area contributed by atoms with Crippen molar-refractivity contribution in [1.29, 1.82) is 0 Å². The lowest BCUT2D eigenvalue weighted by Crippen LogP contribution is -2.01. The van der Waals surface area contributed by atoms with E-state index in [0.717, 1.165) is 31.5 Å². The number of unbranched alkanes of at least 4 members (excludes halogenated alkanes) is 3. The largest absolute Gasteiger partial charge is 0.469 e. The minimum Gasteiger partial charge on any atom is -0.385 e. The van der Waals surface area contributed by atoms with Crippen LogP contribution in [0.5, 0.6) is 0 Å². The summed E-state index contributed by atoms with van der Waals surface area (Å²) in [7, 11) is -4.28. The van der Waals surface area contributed by atoms with Crippen LogP contribution in [-0.2, 0) is 9.09 Å². The maximum atomic E-state index is 10.4. The van der Waals surface area contributed by atoms with Gasteiger partial charge >= 0.3 is 7.82 Å². The summed E-state index contributed by atoms with van der Waals surface area (Å²) in [5.74, 6) is 0. The lowest BCUT2D eigenvalue weighted by Gasteiger charge is -2.06. The van der Waals surface area contributed by atoms with Crippen LogP contribution >= 0.6 is 7.82 Å². The Kier molecular flexibility index (Phi) is 6.98. The van der Waals surface area contributed by atoms with Gasteiger partial charge in [0.25, 0.3) is 0 Å². The molecule has 0 saturated carbocycles. The molecule has 3 N–H and O–H groups in total. The van der Waals surface area contributed by atoms with Gasteiger partial charge in [0, 0.05) is 12.2 Å².